The van der Waals surface area contributed by atoms with Gasteiger partial charge in [-0.05, 0) is 30.3 Å². The average molecular weight is 399 g/mol. The second kappa shape index (κ2) is 8.65. The van der Waals surface area contributed by atoms with Gasteiger partial charge >= 0.3 is 5.97 Å². The number of carbonyl (C=O) groups excluding carboxylic acids is 1. The van der Waals surface area contributed by atoms with Crippen LogP contribution in [0.5, 0.6) is 11.5 Å². The first-order chi connectivity index (χ1) is 11.5. The number of esters is 1. The summed E-state index contributed by atoms with van der Waals surface area (Å²) < 4.78 is 34.7. The third kappa shape index (κ3) is 4.69. The minimum Gasteiger partial charge on any atom is -0.489 e. The fourth-order valence-electron chi connectivity index (χ4n) is 1.88. The molecule has 0 aliphatic heterocycles. The van der Waals surface area contributed by atoms with E-state index in [2.05, 4.69) is 20.7 Å². The maximum absolute atomic E-state index is 13.6. The van der Waals surface area contributed by atoms with Crippen molar-refractivity contribution in [3.63, 3.8) is 0 Å². The van der Waals surface area contributed by atoms with Crippen molar-refractivity contribution in [1.29, 1.82) is 0 Å². The number of carbonyl (C=O) groups is 1. The van der Waals surface area contributed by atoms with E-state index in [0.29, 0.717) is 11.5 Å². The molecule has 0 aliphatic rings. The van der Waals surface area contributed by atoms with E-state index in [4.69, 9.17) is 14.2 Å². The molecule has 5 nitrogen and oxygen atoms in total. The van der Waals surface area contributed by atoms with Gasteiger partial charge in [0.25, 0.3) is 0 Å². The molecule has 0 N–H and O–H groups in total. The molecule has 128 valence electrons. The van der Waals surface area contributed by atoms with E-state index >= 15 is 0 Å². The Morgan fingerprint density at radius 1 is 1.08 bits per heavy atom. The van der Waals surface area contributed by atoms with E-state index in [1.807, 2.05) is 6.07 Å². The van der Waals surface area contributed by atoms with Crippen LogP contribution in [-0.2, 0) is 16.1 Å². The topological polar surface area (TPSA) is 54.0 Å². The molecule has 0 aliphatic carbocycles. The van der Waals surface area contributed by atoms with Crippen molar-refractivity contribution in [1.82, 2.24) is 0 Å². The predicted octanol–water partition coefficient (Wildman–Crippen LogP) is 3.94. The number of hydrogen-bond donors (Lipinski definition) is 0. The minimum atomic E-state index is -0.751. The molecular formula is C17H16BrFO5. The molecule has 24 heavy (non-hydrogen) atoms. The summed E-state index contributed by atoms with van der Waals surface area (Å²) in [6.07, 6.45) is 0. The van der Waals surface area contributed by atoms with Gasteiger partial charge in [0.2, 0.25) is 0 Å². The summed E-state index contributed by atoms with van der Waals surface area (Å²) in [6, 6.07) is 9.34. The molecule has 0 amide bonds. The number of hydrogen-bond acceptors (Lipinski definition) is 5. The highest BCUT2D eigenvalue weighted by atomic mass is 79.9. The van der Waals surface area contributed by atoms with E-state index in [1.54, 1.807) is 19.2 Å². The number of rotatable bonds is 7. The van der Waals surface area contributed by atoms with Crippen LogP contribution in [-0.4, -0.2) is 27.0 Å². The molecule has 0 radical (unpaired) electrons. The summed E-state index contributed by atoms with van der Waals surface area (Å²) in [4.78, 5) is 11.5. The fourth-order valence-corrected chi connectivity index (χ4v) is 2.36. The van der Waals surface area contributed by atoms with Gasteiger partial charge in [0.15, 0.2) is 6.79 Å². The van der Waals surface area contributed by atoms with Crippen LogP contribution in [0, 0.1) is 5.82 Å². The first kappa shape index (κ1) is 18.2. The zero-order valence-electron chi connectivity index (χ0n) is 13.2. The molecule has 0 bridgehead atoms. The largest absolute Gasteiger partial charge is 0.489 e. The summed E-state index contributed by atoms with van der Waals surface area (Å²) in [5, 5.41) is 0. The van der Waals surface area contributed by atoms with E-state index in [0.717, 1.165) is 16.1 Å². The molecule has 0 fully saturated rings. The van der Waals surface area contributed by atoms with Crippen LogP contribution in [0.1, 0.15) is 15.9 Å². The van der Waals surface area contributed by atoms with Crippen molar-refractivity contribution in [2.24, 2.45) is 0 Å². The van der Waals surface area contributed by atoms with Crippen LogP contribution in [0.4, 0.5) is 4.39 Å². The number of halogens is 2. The second-order valence-corrected chi connectivity index (χ2v) is 5.58. The summed E-state index contributed by atoms with van der Waals surface area (Å²) in [5.41, 5.74) is 0.695. The molecule has 0 unspecified atom stereocenters. The van der Waals surface area contributed by atoms with E-state index < -0.39 is 11.8 Å². The molecule has 2 aromatic rings. The Morgan fingerprint density at radius 3 is 2.46 bits per heavy atom. The summed E-state index contributed by atoms with van der Waals surface area (Å²) in [7, 11) is 2.74. The monoisotopic (exact) mass is 398 g/mol. The lowest BCUT2D eigenvalue weighted by Crippen LogP contribution is -2.05. The van der Waals surface area contributed by atoms with Gasteiger partial charge in [-0.25, -0.2) is 9.18 Å². The standard InChI is InChI=1S/C17H16BrFO5/c1-21-10-24-13-4-3-11(15(18)8-13)9-23-12-5-6-16(19)14(7-12)17(20)22-2/h3-8H,9-10H2,1-2H3. The predicted molar refractivity (Wildman–Crippen MR) is 88.7 cm³/mol. The first-order valence-electron chi connectivity index (χ1n) is 6.96. The molecule has 0 spiro atoms. The molecule has 2 aromatic carbocycles. The maximum atomic E-state index is 13.6. The highest BCUT2D eigenvalue weighted by Gasteiger charge is 2.13. The van der Waals surface area contributed by atoms with Gasteiger partial charge in [0, 0.05) is 17.1 Å². The Morgan fingerprint density at radius 2 is 1.79 bits per heavy atom. The van der Waals surface area contributed by atoms with Crippen LogP contribution in [0.15, 0.2) is 40.9 Å². The highest BCUT2D eigenvalue weighted by Crippen LogP contribution is 2.25. The van der Waals surface area contributed by atoms with Crippen molar-refractivity contribution in [2.45, 2.75) is 6.61 Å². The van der Waals surface area contributed by atoms with E-state index in [1.165, 1.54) is 19.2 Å². The SMILES string of the molecule is COCOc1ccc(COc2ccc(F)c(C(=O)OC)c2)c(Br)c1. The lowest BCUT2D eigenvalue weighted by Gasteiger charge is -2.11. The summed E-state index contributed by atoms with van der Waals surface area (Å²) in [5.74, 6) is -0.389. The molecular weight excluding hydrogens is 383 g/mol. The summed E-state index contributed by atoms with van der Waals surface area (Å²) in [6.45, 7) is 0.394. The Hall–Kier alpha value is -2.12. The molecule has 7 heteroatoms. The van der Waals surface area contributed by atoms with E-state index in [-0.39, 0.29) is 19.0 Å². The third-order valence-corrected chi connectivity index (χ3v) is 3.84. The number of benzene rings is 2. The number of methoxy groups -OCH3 is 2. The summed E-state index contributed by atoms with van der Waals surface area (Å²) >= 11 is 3.44. The molecule has 0 heterocycles. The Kier molecular flexibility index (Phi) is 6.57. The van der Waals surface area contributed by atoms with Crippen LogP contribution < -0.4 is 9.47 Å². The van der Waals surface area contributed by atoms with Gasteiger partial charge < -0.3 is 18.9 Å². The smallest absolute Gasteiger partial charge is 0.340 e. The highest BCUT2D eigenvalue weighted by molar-refractivity contribution is 9.10. The molecule has 0 saturated heterocycles. The van der Waals surface area contributed by atoms with Gasteiger partial charge in [-0.15, -0.1) is 0 Å². The second-order valence-electron chi connectivity index (χ2n) is 4.73. The zero-order valence-corrected chi connectivity index (χ0v) is 14.8. The lowest BCUT2D eigenvalue weighted by molar-refractivity contribution is 0.0510. The quantitative estimate of drug-likeness (QED) is 0.522. The number of ether oxygens (including phenoxy) is 4. The lowest BCUT2D eigenvalue weighted by atomic mass is 10.2. The average Bonchev–Trinajstić information content (AvgIpc) is 2.59. The van der Waals surface area contributed by atoms with Gasteiger partial charge in [0.1, 0.15) is 23.9 Å². The molecule has 0 atom stereocenters. The van der Waals surface area contributed by atoms with Crippen molar-refractivity contribution in [3.05, 3.63) is 57.8 Å². The van der Waals surface area contributed by atoms with Crippen molar-refractivity contribution < 1.29 is 28.1 Å². The van der Waals surface area contributed by atoms with Crippen molar-refractivity contribution >= 4 is 21.9 Å². The normalized spacial score (nSPS) is 10.3. The fraction of sp³-hybridized carbons (Fsp3) is 0.235. The molecule has 0 aromatic heterocycles. The zero-order chi connectivity index (χ0) is 17.5. The van der Waals surface area contributed by atoms with Crippen LogP contribution >= 0.6 is 15.9 Å². The van der Waals surface area contributed by atoms with Gasteiger partial charge in [-0.1, -0.05) is 22.0 Å². The van der Waals surface area contributed by atoms with Gasteiger partial charge in [0.05, 0.1) is 12.7 Å². The third-order valence-electron chi connectivity index (χ3n) is 3.11. The molecule has 0 saturated carbocycles. The van der Waals surface area contributed by atoms with Crippen molar-refractivity contribution in [2.75, 3.05) is 21.0 Å². The van der Waals surface area contributed by atoms with Gasteiger partial charge in [-0.2, -0.15) is 0 Å². The van der Waals surface area contributed by atoms with Crippen LogP contribution in [0.2, 0.25) is 0 Å². The van der Waals surface area contributed by atoms with Crippen LogP contribution in [0.25, 0.3) is 0 Å². The van der Waals surface area contributed by atoms with E-state index in [9.17, 15) is 9.18 Å². The molecule has 2 rings (SSSR count). The van der Waals surface area contributed by atoms with Gasteiger partial charge in [-0.3, -0.25) is 0 Å². The Bertz CT molecular complexity index is 720. The maximum Gasteiger partial charge on any atom is 0.340 e. The van der Waals surface area contributed by atoms with Crippen LogP contribution in [0.3, 0.4) is 0 Å². The first-order valence-corrected chi connectivity index (χ1v) is 7.75. The van der Waals surface area contributed by atoms with Crippen molar-refractivity contribution in [3.8, 4) is 11.5 Å². The minimum absolute atomic E-state index is 0.161. The Labute approximate surface area is 147 Å². The Balaban J connectivity index is 2.07.